The lowest BCUT2D eigenvalue weighted by Gasteiger charge is -2.32. The number of carbonyl (C=O) groups is 2. The number of rotatable bonds is 3. The molecule has 1 aliphatic heterocycles. The number of aliphatic hydroxyl groups is 1. The van der Waals surface area contributed by atoms with Gasteiger partial charge in [0.2, 0.25) is 0 Å². The van der Waals surface area contributed by atoms with E-state index in [2.05, 4.69) is 5.32 Å². The van der Waals surface area contributed by atoms with E-state index >= 15 is 0 Å². The van der Waals surface area contributed by atoms with Gasteiger partial charge in [-0.05, 0) is 24.6 Å². The minimum atomic E-state index is -1.47. The number of nitrogens with zero attached hydrogens (tertiary/aromatic N) is 1. The Morgan fingerprint density at radius 2 is 1.96 bits per heavy atom. The molecule has 24 heavy (non-hydrogen) atoms. The summed E-state index contributed by atoms with van der Waals surface area (Å²) in [6.07, 6.45) is 0.148. The fourth-order valence-electron chi connectivity index (χ4n) is 3.22. The lowest BCUT2D eigenvalue weighted by Crippen LogP contribution is -2.43. The molecular weight excluding hydrogens is 304 g/mol. The number of benzene rings is 2. The monoisotopic (exact) mass is 324 g/mol. The van der Waals surface area contributed by atoms with Crippen molar-refractivity contribution < 1.29 is 14.7 Å². The summed E-state index contributed by atoms with van der Waals surface area (Å²) in [6, 6.07) is 12.6. The predicted molar refractivity (Wildman–Crippen MR) is 90.7 cm³/mol. The van der Waals surface area contributed by atoms with Crippen LogP contribution in [0, 0.1) is 6.92 Å². The molecule has 0 radical (unpaired) electrons. The van der Waals surface area contributed by atoms with Crippen molar-refractivity contribution in [2.75, 3.05) is 14.1 Å². The molecule has 2 aromatic carbocycles. The van der Waals surface area contributed by atoms with Gasteiger partial charge in [-0.1, -0.05) is 35.9 Å². The van der Waals surface area contributed by atoms with Crippen LogP contribution in [0.15, 0.2) is 42.5 Å². The Balaban J connectivity index is 2.09. The van der Waals surface area contributed by atoms with Crippen LogP contribution in [0.1, 0.15) is 37.4 Å². The number of carbonyl (C=O) groups excluding carboxylic acids is 2. The van der Waals surface area contributed by atoms with E-state index in [0.717, 1.165) is 5.56 Å². The van der Waals surface area contributed by atoms with Crippen molar-refractivity contribution >= 4 is 11.8 Å². The number of amides is 2. The number of aryl methyl sites for hydroxylation is 1. The van der Waals surface area contributed by atoms with Gasteiger partial charge < -0.3 is 15.3 Å². The Labute approximate surface area is 140 Å². The zero-order chi connectivity index (χ0) is 17.5. The second-order valence-electron chi connectivity index (χ2n) is 6.14. The first-order valence-electron chi connectivity index (χ1n) is 7.80. The Kier molecular flexibility index (Phi) is 3.89. The maximum atomic E-state index is 12.4. The molecule has 1 heterocycles. The van der Waals surface area contributed by atoms with Crippen LogP contribution in [0.4, 0.5) is 0 Å². The highest BCUT2D eigenvalue weighted by atomic mass is 16.3. The summed E-state index contributed by atoms with van der Waals surface area (Å²) in [7, 11) is 3.15. The SMILES string of the molecule is CNC(=O)c1cc(C)ccc1CC1(O)c2ccccc2C(=O)N1C. The molecule has 2 aromatic rings. The fraction of sp³-hybridized carbons (Fsp3) is 0.263. The molecule has 124 valence electrons. The van der Waals surface area contributed by atoms with Crippen molar-refractivity contribution in [1.29, 1.82) is 0 Å². The molecule has 0 saturated carbocycles. The van der Waals surface area contributed by atoms with Gasteiger partial charge in [-0.2, -0.15) is 0 Å². The molecule has 0 aliphatic carbocycles. The van der Waals surface area contributed by atoms with E-state index in [9.17, 15) is 14.7 Å². The molecule has 0 spiro atoms. The van der Waals surface area contributed by atoms with Crippen LogP contribution < -0.4 is 5.32 Å². The third-order valence-corrected chi connectivity index (χ3v) is 4.62. The first kappa shape index (κ1) is 16.2. The topological polar surface area (TPSA) is 69.6 Å². The molecule has 1 unspecified atom stereocenters. The third-order valence-electron chi connectivity index (χ3n) is 4.62. The van der Waals surface area contributed by atoms with Crippen molar-refractivity contribution in [3.63, 3.8) is 0 Å². The van der Waals surface area contributed by atoms with Crippen LogP contribution in [-0.4, -0.2) is 35.9 Å². The van der Waals surface area contributed by atoms with Gasteiger partial charge in [0.1, 0.15) is 0 Å². The molecule has 1 aliphatic rings. The number of hydrogen-bond donors (Lipinski definition) is 2. The van der Waals surface area contributed by atoms with Gasteiger partial charge >= 0.3 is 0 Å². The van der Waals surface area contributed by atoms with E-state index in [1.54, 1.807) is 44.4 Å². The summed E-state index contributed by atoms with van der Waals surface area (Å²) >= 11 is 0. The zero-order valence-electron chi connectivity index (χ0n) is 14.0. The average Bonchev–Trinajstić information content (AvgIpc) is 2.78. The number of nitrogens with one attached hydrogen (secondary N) is 1. The molecule has 0 saturated heterocycles. The highest BCUT2D eigenvalue weighted by Crippen LogP contribution is 2.39. The smallest absolute Gasteiger partial charge is 0.256 e. The molecule has 0 fully saturated rings. The zero-order valence-corrected chi connectivity index (χ0v) is 14.0. The minimum absolute atomic E-state index is 0.148. The van der Waals surface area contributed by atoms with Crippen LogP contribution in [0.25, 0.3) is 0 Å². The lowest BCUT2D eigenvalue weighted by molar-refractivity contribution is -0.0716. The Morgan fingerprint density at radius 3 is 2.67 bits per heavy atom. The van der Waals surface area contributed by atoms with Crippen molar-refractivity contribution in [3.8, 4) is 0 Å². The summed E-state index contributed by atoms with van der Waals surface area (Å²) in [6.45, 7) is 1.91. The van der Waals surface area contributed by atoms with E-state index in [4.69, 9.17) is 0 Å². The van der Waals surface area contributed by atoms with E-state index < -0.39 is 5.72 Å². The first-order chi connectivity index (χ1) is 11.4. The number of fused-ring (bicyclic) bond motifs is 1. The maximum absolute atomic E-state index is 12.4. The normalized spacial score (nSPS) is 19.3. The Hall–Kier alpha value is -2.66. The van der Waals surface area contributed by atoms with Gasteiger partial charge in [0.05, 0.1) is 0 Å². The maximum Gasteiger partial charge on any atom is 0.256 e. The Bertz CT molecular complexity index is 831. The van der Waals surface area contributed by atoms with E-state index in [-0.39, 0.29) is 18.2 Å². The van der Waals surface area contributed by atoms with Gasteiger partial charge in [0.15, 0.2) is 5.72 Å². The summed E-state index contributed by atoms with van der Waals surface area (Å²) in [5.41, 5.74) is 1.76. The van der Waals surface area contributed by atoms with Crippen molar-refractivity contribution in [1.82, 2.24) is 10.2 Å². The van der Waals surface area contributed by atoms with E-state index in [0.29, 0.717) is 22.3 Å². The second kappa shape index (κ2) is 5.76. The van der Waals surface area contributed by atoms with Crippen LogP contribution >= 0.6 is 0 Å². The summed E-state index contributed by atoms with van der Waals surface area (Å²) in [5, 5.41) is 13.9. The van der Waals surface area contributed by atoms with E-state index in [1.807, 2.05) is 19.1 Å². The Morgan fingerprint density at radius 1 is 1.25 bits per heavy atom. The molecule has 5 heteroatoms. The van der Waals surface area contributed by atoms with Crippen LogP contribution in [0.2, 0.25) is 0 Å². The van der Waals surface area contributed by atoms with Crippen LogP contribution in [0.3, 0.4) is 0 Å². The summed E-state index contributed by atoms with van der Waals surface area (Å²) in [4.78, 5) is 25.9. The molecular formula is C19H20N2O3. The van der Waals surface area contributed by atoms with Crippen molar-refractivity contribution in [3.05, 3.63) is 70.3 Å². The third kappa shape index (κ3) is 2.37. The predicted octanol–water partition coefficient (Wildman–Crippen LogP) is 1.83. The number of likely N-dealkylation sites (N-methyl/N-ethyl adjacent to an activating group) is 1. The highest BCUT2D eigenvalue weighted by molar-refractivity contribution is 6.00. The molecule has 2 amide bonds. The van der Waals surface area contributed by atoms with Crippen LogP contribution in [-0.2, 0) is 12.1 Å². The molecule has 0 aromatic heterocycles. The standard InChI is InChI=1S/C19H20N2O3/c1-12-8-9-13(15(10-12)17(22)20-2)11-19(24)16-7-5-4-6-14(16)18(23)21(19)3/h4-10,24H,11H2,1-3H3,(H,20,22). The average molecular weight is 324 g/mol. The molecule has 1 atom stereocenters. The van der Waals surface area contributed by atoms with Gasteiger partial charge in [-0.15, -0.1) is 0 Å². The van der Waals surface area contributed by atoms with Gasteiger partial charge in [0, 0.05) is 37.2 Å². The highest BCUT2D eigenvalue weighted by Gasteiger charge is 2.46. The summed E-state index contributed by atoms with van der Waals surface area (Å²) < 4.78 is 0. The quantitative estimate of drug-likeness (QED) is 0.905. The lowest BCUT2D eigenvalue weighted by atomic mass is 9.91. The molecule has 5 nitrogen and oxygen atoms in total. The van der Waals surface area contributed by atoms with E-state index in [1.165, 1.54) is 4.90 Å². The first-order valence-corrected chi connectivity index (χ1v) is 7.80. The molecule has 2 N–H and O–H groups in total. The molecule has 0 bridgehead atoms. The number of hydrogen-bond acceptors (Lipinski definition) is 3. The largest absolute Gasteiger partial charge is 0.366 e. The van der Waals surface area contributed by atoms with Crippen molar-refractivity contribution in [2.24, 2.45) is 0 Å². The summed E-state index contributed by atoms with van der Waals surface area (Å²) in [5.74, 6) is -0.431. The van der Waals surface area contributed by atoms with Gasteiger partial charge in [-0.3, -0.25) is 9.59 Å². The fourth-order valence-corrected chi connectivity index (χ4v) is 3.22. The second-order valence-corrected chi connectivity index (χ2v) is 6.14. The minimum Gasteiger partial charge on any atom is -0.366 e. The van der Waals surface area contributed by atoms with Crippen LogP contribution in [0.5, 0.6) is 0 Å². The molecule has 3 rings (SSSR count). The van der Waals surface area contributed by atoms with Gasteiger partial charge in [-0.25, -0.2) is 0 Å². The van der Waals surface area contributed by atoms with Gasteiger partial charge in [0.25, 0.3) is 11.8 Å². The van der Waals surface area contributed by atoms with Crippen molar-refractivity contribution in [2.45, 2.75) is 19.1 Å².